The molecule has 1 N–H and O–H groups in total. The summed E-state index contributed by atoms with van der Waals surface area (Å²) in [5.41, 5.74) is 0. The first-order chi connectivity index (χ1) is 7.34. The monoisotopic (exact) mass is 240 g/mol. The third-order valence-electron chi connectivity index (χ3n) is 3.06. The minimum atomic E-state index is -4.51. The molecule has 0 aromatic rings. The van der Waals surface area contributed by atoms with E-state index in [1.807, 2.05) is 13.8 Å². The van der Waals surface area contributed by atoms with Crippen LogP contribution in [-0.2, 0) is 0 Å². The molecular formula is C10H19F3N2O. The van der Waals surface area contributed by atoms with Gasteiger partial charge in [-0.3, -0.25) is 9.80 Å². The van der Waals surface area contributed by atoms with E-state index in [9.17, 15) is 13.2 Å². The number of rotatable bonds is 3. The quantitative estimate of drug-likeness (QED) is 0.795. The van der Waals surface area contributed by atoms with Crippen LogP contribution in [0.3, 0.4) is 0 Å². The van der Waals surface area contributed by atoms with Crippen molar-refractivity contribution < 1.29 is 18.3 Å². The summed E-state index contributed by atoms with van der Waals surface area (Å²) in [7, 11) is 0. The van der Waals surface area contributed by atoms with Crippen LogP contribution in [-0.4, -0.2) is 66.0 Å². The van der Waals surface area contributed by atoms with Gasteiger partial charge in [0, 0.05) is 32.2 Å². The molecule has 1 aliphatic heterocycles. The highest BCUT2D eigenvalue weighted by Crippen LogP contribution is 2.21. The van der Waals surface area contributed by atoms with Gasteiger partial charge in [0.05, 0.1) is 0 Å². The van der Waals surface area contributed by atoms with Crippen molar-refractivity contribution in [1.82, 2.24) is 9.80 Å². The van der Waals surface area contributed by atoms with Crippen molar-refractivity contribution in [3.63, 3.8) is 0 Å². The molecule has 0 aromatic carbocycles. The zero-order chi connectivity index (χ0) is 12.3. The number of alkyl halides is 3. The van der Waals surface area contributed by atoms with Gasteiger partial charge in [0.2, 0.25) is 0 Å². The van der Waals surface area contributed by atoms with Gasteiger partial charge < -0.3 is 5.11 Å². The number of aliphatic hydroxyl groups is 1. The first-order valence-electron chi connectivity index (χ1n) is 5.55. The molecule has 0 radical (unpaired) electrons. The lowest BCUT2D eigenvalue weighted by molar-refractivity contribution is -0.209. The van der Waals surface area contributed by atoms with Gasteiger partial charge in [0.15, 0.2) is 6.10 Å². The molecule has 0 aromatic heterocycles. The average Bonchev–Trinajstić information content (AvgIpc) is 2.16. The molecule has 0 spiro atoms. The Morgan fingerprint density at radius 3 is 2.44 bits per heavy atom. The van der Waals surface area contributed by atoms with Crippen LogP contribution in [0.4, 0.5) is 13.2 Å². The van der Waals surface area contributed by atoms with Crippen molar-refractivity contribution in [2.75, 3.05) is 32.7 Å². The first kappa shape index (κ1) is 13.7. The Bertz CT molecular complexity index is 223. The zero-order valence-corrected chi connectivity index (χ0v) is 9.67. The van der Waals surface area contributed by atoms with Crippen molar-refractivity contribution in [3.05, 3.63) is 0 Å². The SMILES string of the molecule is CCN1CCN(CC(O)C(F)(F)F)CC1C. The topological polar surface area (TPSA) is 26.7 Å². The van der Waals surface area contributed by atoms with Crippen molar-refractivity contribution in [2.45, 2.75) is 32.2 Å². The van der Waals surface area contributed by atoms with Crippen molar-refractivity contribution >= 4 is 0 Å². The molecular weight excluding hydrogens is 221 g/mol. The Hall–Kier alpha value is -0.330. The second kappa shape index (κ2) is 5.33. The van der Waals surface area contributed by atoms with E-state index in [-0.39, 0.29) is 12.6 Å². The number of nitrogens with zero attached hydrogens (tertiary/aromatic N) is 2. The molecule has 1 saturated heterocycles. The normalized spacial score (nSPS) is 27.0. The average molecular weight is 240 g/mol. The van der Waals surface area contributed by atoms with Gasteiger partial charge >= 0.3 is 6.18 Å². The number of halogens is 3. The van der Waals surface area contributed by atoms with Gasteiger partial charge in [-0.15, -0.1) is 0 Å². The zero-order valence-electron chi connectivity index (χ0n) is 9.67. The predicted octanol–water partition coefficient (Wildman–Crippen LogP) is 0.936. The van der Waals surface area contributed by atoms with Gasteiger partial charge in [-0.1, -0.05) is 6.92 Å². The summed E-state index contributed by atoms with van der Waals surface area (Å²) >= 11 is 0. The molecule has 0 bridgehead atoms. The standard InChI is InChI=1S/C10H19F3N2O/c1-3-15-5-4-14(6-8(15)2)7-9(16)10(11,12)13/h8-9,16H,3-7H2,1-2H3. The van der Waals surface area contributed by atoms with Crippen molar-refractivity contribution in [2.24, 2.45) is 0 Å². The molecule has 2 unspecified atom stereocenters. The maximum absolute atomic E-state index is 12.2. The fourth-order valence-electron chi connectivity index (χ4n) is 2.05. The number of hydrogen-bond donors (Lipinski definition) is 1. The Morgan fingerprint density at radius 1 is 1.38 bits per heavy atom. The van der Waals surface area contributed by atoms with E-state index in [2.05, 4.69) is 4.90 Å². The lowest BCUT2D eigenvalue weighted by Gasteiger charge is -2.40. The third-order valence-corrected chi connectivity index (χ3v) is 3.06. The van der Waals surface area contributed by atoms with E-state index in [1.165, 1.54) is 0 Å². The number of β-amino-alcohol motifs (C(OH)–C–C–N with tert-alkyl or cyclic N) is 1. The van der Waals surface area contributed by atoms with Crippen LogP contribution in [0.1, 0.15) is 13.8 Å². The lowest BCUT2D eigenvalue weighted by atomic mass is 10.1. The first-order valence-corrected chi connectivity index (χ1v) is 5.55. The summed E-state index contributed by atoms with van der Waals surface area (Å²) in [6.45, 7) is 6.57. The Morgan fingerprint density at radius 2 is 2.00 bits per heavy atom. The minimum absolute atomic E-state index is 0.249. The molecule has 0 amide bonds. The van der Waals surface area contributed by atoms with Crippen molar-refractivity contribution in [1.29, 1.82) is 0 Å². The summed E-state index contributed by atoms with van der Waals surface area (Å²) in [6.07, 6.45) is -6.74. The summed E-state index contributed by atoms with van der Waals surface area (Å²) in [5.74, 6) is 0. The summed E-state index contributed by atoms with van der Waals surface area (Å²) in [4.78, 5) is 3.89. The van der Waals surface area contributed by atoms with E-state index in [1.54, 1.807) is 4.90 Å². The van der Waals surface area contributed by atoms with Gasteiger partial charge in [0.25, 0.3) is 0 Å². The van der Waals surface area contributed by atoms with Gasteiger partial charge in [-0.05, 0) is 13.5 Å². The Labute approximate surface area is 93.8 Å². The minimum Gasteiger partial charge on any atom is -0.382 e. The molecule has 96 valence electrons. The third kappa shape index (κ3) is 3.61. The lowest BCUT2D eigenvalue weighted by Crippen LogP contribution is -2.54. The number of likely N-dealkylation sites (N-methyl/N-ethyl adjacent to an activating group) is 1. The van der Waals surface area contributed by atoms with Crippen LogP contribution >= 0.6 is 0 Å². The molecule has 3 nitrogen and oxygen atoms in total. The Balaban J connectivity index is 2.41. The summed E-state index contributed by atoms with van der Waals surface area (Å²) < 4.78 is 36.5. The van der Waals surface area contributed by atoms with E-state index in [0.717, 1.165) is 13.1 Å². The van der Waals surface area contributed by atoms with Crippen molar-refractivity contribution in [3.8, 4) is 0 Å². The molecule has 1 heterocycles. The molecule has 0 aliphatic carbocycles. The van der Waals surface area contributed by atoms with E-state index >= 15 is 0 Å². The van der Waals surface area contributed by atoms with Crippen LogP contribution < -0.4 is 0 Å². The van der Waals surface area contributed by atoms with Gasteiger partial charge in [-0.25, -0.2) is 0 Å². The highest BCUT2D eigenvalue weighted by Gasteiger charge is 2.39. The second-order valence-corrected chi connectivity index (χ2v) is 4.29. The van der Waals surface area contributed by atoms with Crippen LogP contribution in [0.2, 0.25) is 0 Å². The number of piperazine rings is 1. The van der Waals surface area contributed by atoms with Gasteiger partial charge in [0.1, 0.15) is 0 Å². The summed E-state index contributed by atoms with van der Waals surface area (Å²) in [5, 5.41) is 8.97. The molecule has 16 heavy (non-hydrogen) atoms. The van der Waals surface area contributed by atoms with Crippen LogP contribution in [0, 0.1) is 0 Å². The fourth-order valence-corrected chi connectivity index (χ4v) is 2.05. The molecule has 6 heteroatoms. The van der Waals surface area contributed by atoms with Crippen LogP contribution in [0.5, 0.6) is 0 Å². The predicted molar refractivity (Wildman–Crippen MR) is 55.2 cm³/mol. The molecule has 1 rings (SSSR count). The van der Waals surface area contributed by atoms with Gasteiger partial charge in [-0.2, -0.15) is 13.2 Å². The highest BCUT2D eigenvalue weighted by atomic mass is 19.4. The molecule has 0 saturated carbocycles. The summed E-state index contributed by atoms with van der Waals surface area (Å²) in [6, 6.07) is 0.249. The highest BCUT2D eigenvalue weighted by molar-refractivity contribution is 4.81. The van der Waals surface area contributed by atoms with E-state index in [0.29, 0.717) is 13.1 Å². The van der Waals surface area contributed by atoms with Crippen LogP contribution in [0.25, 0.3) is 0 Å². The smallest absolute Gasteiger partial charge is 0.382 e. The maximum atomic E-state index is 12.2. The van der Waals surface area contributed by atoms with E-state index < -0.39 is 12.3 Å². The molecule has 1 fully saturated rings. The number of hydrogen-bond acceptors (Lipinski definition) is 3. The fraction of sp³-hybridized carbons (Fsp3) is 1.00. The number of aliphatic hydroxyl groups excluding tert-OH is 1. The maximum Gasteiger partial charge on any atom is 0.415 e. The molecule has 2 atom stereocenters. The Kier molecular flexibility index (Phi) is 4.58. The van der Waals surface area contributed by atoms with Crippen LogP contribution in [0.15, 0.2) is 0 Å². The molecule has 1 aliphatic rings. The largest absolute Gasteiger partial charge is 0.415 e. The van der Waals surface area contributed by atoms with E-state index in [4.69, 9.17) is 5.11 Å². The second-order valence-electron chi connectivity index (χ2n) is 4.29.